The van der Waals surface area contributed by atoms with E-state index in [1.165, 1.54) is 0 Å². The van der Waals surface area contributed by atoms with Crippen molar-refractivity contribution in [2.75, 3.05) is 0 Å². The summed E-state index contributed by atoms with van der Waals surface area (Å²) in [6.45, 7) is 13.7. The summed E-state index contributed by atoms with van der Waals surface area (Å²) in [7, 11) is 0. The second-order valence-corrected chi connectivity index (χ2v) is 3.86. The molecule has 1 heterocycles. The summed E-state index contributed by atoms with van der Waals surface area (Å²) in [4.78, 5) is 4.15. The van der Waals surface area contributed by atoms with Crippen LogP contribution in [0.1, 0.15) is 32.4 Å². The highest BCUT2D eigenvalue weighted by Crippen LogP contribution is 2.12. The van der Waals surface area contributed by atoms with Gasteiger partial charge in [0.05, 0.1) is 5.69 Å². The van der Waals surface area contributed by atoms with Gasteiger partial charge in [-0.25, -0.2) is 9.67 Å². The molecule has 0 unspecified atom stereocenters. The normalized spacial score (nSPS) is 11.2. The zero-order chi connectivity index (χ0) is 11.4. The Labute approximate surface area is 90.8 Å². The fraction of sp³-hybridized carbons (Fsp3) is 0.333. The van der Waals surface area contributed by atoms with Crippen LogP contribution in [0.5, 0.6) is 0 Å². The van der Waals surface area contributed by atoms with Gasteiger partial charge in [-0.2, -0.15) is 5.10 Å². The first-order chi connectivity index (χ1) is 7.00. The molecule has 80 valence electrons. The molecule has 0 atom stereocenters. The molecule has 0 aliphatic heterocycles. The lowest BCUT2D eigenvalue weighted by Crippen LogP contribution is -1.97. The predicted octanol–water partition coefficient (Wildman–Crippen LogP) is 3.08. The van der Waals surface area contributed by atoms with Crippen LogP contribution in [0.25, 0.3) is 5.82 Å². The second-order valence-electron chi connectivity index (χ2n) is 3.86. The van der Waals surface area contributed by atoms with Crippen molar-refractivity contribution in [1.82, 2.24) is 9.78 Å². The molecular formula is C12H17N3. The summed E-state index contributed by atoms with van der Waals surface area (Å²) in [5.41, 5.74) is 1.94. The zero-order valence-electron chi connectivity index (χ0n) is 9.57. The maximum Gasteiger partial charge on any atom is 0.146 e. The Morgan fingerprint density at radius 2 is 2.20 bits per heavy atom. The molecule has 1 rings (SSSR count). The topological polar surface area (TPSA) is 30.2 Å². The van der Waals surface area contributed by atoms with Gasteiger partial charge in [0.25, 0.3) is 0 Å². The van der Waals surface area contributed by atoms with Crippen molar-refractivity contribution in [2.45, 2.75) is 26.7 Å². The molecule has 0 saturated heterocycles. The van der Waals surface area contributed by atoms with E-state index in [9.17, 15) is 0 Å². The highest BCUT2D eigenvalue weighted by molar-refractivity contribution is 5.80. The Hall–Kier alpha value is -1.64. The van der Waals surface area contributed by atoms with Crippen molar-refractivity contribution >= 4 is 12.0 Å². The van der Waals surface area contributed by atoms with Gasteiger partial charge in [0.1, 0.15) is 5.82 Å². The third kappa shape index (κ3) is 3.20. The average Bonchev–Trinajstić information content (AvgIpc) is 2.62. The molecule has 0 aliphatic rings. The number of aromatic nitrogens is 2. The Morgan fingerprint density at radius 3 is 2.67 bits per heavy atom. The molecule has 3 heteroatoms. The summed E-state index contributed by atoms with van der Waals surface area (Å²) < 4.78 is 1.68. The molecule has 0 amide bonds. The van der Waals surface area contributed by atoms with Crippen molar-refractivity contribution in [3.8, 4) is 0 Å². The molecular weight excluding hydrogens is 186 g/mol. The lowest BCUT2D eigenvalue weighted by atomic mass is 10.1. The summed E-state index contributed by atoms with van der Waals surface area (Å²) in [5, 5.41) is 4.36. The molecule has 0 radical (unpaired) electrons. The van der Waals surface area contributed by atoms with Crippen molar-refractivity contribution in [2.24, 2.45) is 4.99 Å². The van der Waals surface area contributed by atoms with E-state index in [1.54, 1.807) is 10.9 Å². The van der Waals surface area contributed by atoms with Crippen molar-refractivity contribution < 1.29 is 0 Å². The van der Waals surface area contributed by atoms with E-state index in [1.807, 2.05) is 19.2 Å². The lowest BCUT2D eigenvalue weighted by Gasteiger charge is -2.00. The Kier molecular flexibility index (Phi) is 3.61. The van der Waals surface area contributed by atoms with Crippen molar-refractivity contribution in [1.29, 1.82) is 0 Å². The molecule has 0 bridgehead atoms. The number of nitrogens with zero attached hydrogens (tertiary/aromatic N) is 3. The largest absolute Gasteiger partial charge is 0.238 e. The van der Waals surface area contributed by atoms with E-state index < -0.39 is 0 Å². The number of rotatable bonds is 4. The third-order valence-electron chi connectivity index (χ3n) is 1.90. The highest BCUT2D eigenvalue weighted by Gasteiger charge is 2.03. The van der Waals surface area contributed by atoms with Gasteiger partial charge in [-0.1, -0.05) is 27.0 Å². The first-order valence-electron chi connectivity index (χ1n) is 4.95. The quantitative estimate of drug-likeness (QED) is 0.692. The first-order valence-corrected chi connectivity index (χ1v) is 4.95. The molecule has 0 aliphatic carbocycles. The van der Waals surface area contributed by atoms with E-state index >= 15 is 0 Å². The van der Waals surface area contributed by atoms with Gasteiger partial charge in [-0.05, 0) is 24.5 Å². The van der Waals surface area contributed by atoms with E-state index in [2.05, 4.69) is 37.1 Å². The first kappa shape index (κ1) is 11.4. The molecule has 0 fully saturated rings. The van der Waals surface area contributed by atoms with Crippen LogP contribution < -0.4 is 0 Å². The summed E-state index contributed by atoms with van der Waals surface area (Å²) in [6, 6.07) is 1.98. The molecule has 0 saturated carbocycles. The smallest absolute Gasteiger partial charge is 0.146 e. The van der Waals surface area contributed by atoms with Gasteiger partial charge < -0.3 is 0 Å². The molecule has 0 aromatic carbocycles. The van der Waals surface area contributed by atoms with Crippen molar-refractivity contribution in [3.63, 3.8) is 0 Å². The monoisotopic (exact) mass is 203 g/mol. The van der Waals surface area contributed by atoms with Gasteiger partial charge in [-0.15, -0.1) is 0 Å². The van der Waals surface area contributed by atoms with Crippen LogP contribution in [-0.4, -0.2) is 16.0 Å². The van der Waals surface area contributed by atoms with Crippen LogP contribution >= 0.6 is 0 Å². The summed E-state index contributed by atoms with van der Waals surface area (Å²) >= 11 is 0. The summed E-state index contributed by atoms with van der Waals surface area (Å²) in [5.74, 6) is 1.02. The molecule has 0 spiro atoms. The molecule has 1 aromatic rings. The van der Waals surface area contributed by atoms with E-state index in [0.717, 1.165) is 11.3 Å². The fourth-order valence-corrected chi connectivity index (χ4v) is 1.03. The number of hydrogen-bond acceptors (Lipinski definition) is 2. The zero-order valence-corrected chi connectivity index (χ0v) is 9.57. The standard InChI is InChI=1S/C12H17N3/c1-9(2)8-13-11(5)15-7-6-12(14-15)10(3)4/h6-8,10H,1,5H2,2-4H3/b13-8-. The lowest BCUT2D eigenvalue weighted by molar-refractivity contribution is 0.772. The van der Waals surface area contributed by atoms with Crippen LogP contribution in [0.15, 0.2) is 36.0 Å². The SMILES string of the molecule is C=C(C)/C=N\C(=C)n1ccc(C(C)C)n1. The molecule has 3 nitrogen and oxygen atoms in total. The van der Waals surface area contributed by atoms with Crippen LogP contribution in [0.4, 0.5) is 0 Å². The van der Waals surface area contributed by atoms with E-state index in [0.29, 0.717) is 11.7 Å². The number of aliphatic imine (C=N–C) groups is 1. The Balaban J connectivity index is 2.79. The van der Waals surface area contributed by atoms with Gasteiger partial charge in [-0.3, -0.25) is 0 Å². The second kappa shape index (κ2) is 4.73. The van der Waals surface area contributed by atoms with Crippen LogP contribution in [0, 0.1) is 0 Å². The van der Waals surface area contributed by atoms with Crippen LogP contribution in [0.2, 0.25) is 0 Å². The minimum absolute atomic E-state index is 0.421. The molecule has 0 N–H and O–H groups in total. The number of hydrogen-bond donors (Lipinski definition) is 0. The fourth-order valence-electron chi connectivity index (χ4n) is 1.03. The average molecular weight is 203 g/mol. The van der Waals surface area contributed by atoms with E-state index in [-0.39, 0.29) is 0 Å². The minimum Gasteiger partial charge on any atom is -0.238 e. The molecule has 15 heavy (non-hydrogen) atoms. The highest BCUT2D eigenvalue weighted by atomic mass is 15.3. The minimum atomic E-state index is 0.421. The van der Waals surface area contributed by atoms with Crippen molar-refractivity contribution in [3.05, 3.63) is 36.7 Å². The Morgan fingerprint density at radius 1 is 1.53 bits per heavy atom. The van der Waals surface area contributed by atoms with Gasteiger partial charge >= 0.3 is 0 Å². The van der Waals surface area contributed by atoms with E-state index in [4.69, 9.17) is 0 Å². The third-order valence-corrected chi connectivity index (χ3v) is 1.90. The number of allylic oxidation sites excluding steroid dienone is 1. The maximum absolute atomic E-state index is 4.36. The van der Waals surface area contributed by atoms with Crippen LogP contribution in [0.3, 0.4) is 0 Å². The predicted molar refractivity (Wildman–Crippen MR) is 65.0 cm³/mol. The Bertz CT molecular complexity index is 397. The summed E-state index contributed by atoms with van der Waals surface area (Å²) in [6.07, 6.45) is 3.55. The van der Waals surface area contributed by atoms with Gasteiger partial charge in [0.15, 0.2) is 0 Å². The van der Waals surface area contributed by atoms with Crippen LogP contribution in [-0.2, 0) is 0 Å². The maximum atomic E-state index is 4.36. The van der Waals surface area contributed by atoms with Gasteiger partial charge in [0.2, 0.25) is 0 Å². The van der Waals surface area contributed by atoms with Gasteiger partial charge in [0, 0.05) is 12.4 Å². The molecule has 1 aromatic heterocycles.